The predicted molar refractivity (Wildman–Crippen MR) is 88.3 cm³/mol. The first-order valence-electron chi connectivity index (χ1n) is 4.40. The zero-order valence-corrected chi connectivity index (χ0v) is 14.0. The molecule has 0 N–H and O–H groups in total. The lowest BCUT2D eigenvalue weighted by molar-refractivity contribution is 1.65. The van der Waals surface area contributed by atoms with Gasteiger partial charge in [0.1, 0.15) is 0 Å². The largest absolute Gasteiger partial charge is 0.0843 e. The van der Waals surface area contributed by atoms with Crippen molar-refractivity contribution in [3.8, 4) is 0 Å². The van der Waals surface area contributed by atoms with Gasteiger partial charge in [0.2, 0.25) is 0 Å². The van der Waals surface area contributed by atoms with E-state index in [4.69, 9.17) is 23.2 Å². The number of halogens is 4. The molecular weight excluding hydrogens is 469 g/mol. The molecule has 2 aromatic rings. The van der Waals surface area contributed by atoms with Crippen LogP contribution in [0.3, 0.4) is 0 Å². The standard InChI is InChI=1S/2C6H4ClI/c2*7-5-1-3-6(8)4-2-5/h2*1-4H. The summed E-state index contributed by atoms with van der Waals surface area (Å²) in [6, 6.07) is 15.4. The first-order valence-corrected chi connectivity index (χ1v) is 7.31. The van der Waals surface area contributed by atoms with Crippen LogP contribution in [0.1, 0.15) is 0 Å². The molecule has 0 nitrogen and oxygen atoms in total. The topological polar surface area (TPSA) is 0 Å². The molecule has 0 bridgehead atoms. The fourth-order valence-electron chi connectivity index (χ4n) is 0.859. The Balaban J connectivity index is 0.000000160. The van der Waals surface area contributed by atoms with Crippen molar-refractivity contribution < 1.29 is 0 Å². The fourth-order valence-corrected chi connectivity index (χ4v) is 1.83. The van der Waals surface area contributed by atoms with Gasteiger partial charge in [0.15, 0.2) is 0 Å². The maximum absolute atomic E-state index is 5.61. The lowest BCUT2D eigenvalue weighted by Crippen LogP contribution is -1.65. The van der Waals surface area contributed by atoms with Gasteiger partial charge in [-0.05, 0) is 93.7 Å². The van der Waals surface area contributed by atoms with E-state index in [1.165, 1.54) is 7.14 Å². The third kappa shape index (κ3) is 6.27. The van der Waals surface area contributed by atoms with Crippen LogP contribution in [-0.2, 0) is 0 Å². The third-order valence-corrected chi connectivity index (χ3v) is 3.55. The van der Waals surface area contributed by atoms with Crippen LogP contribution in [0.15, 0.2) is 48.5 Å². The Hall–Kier alpha value is 0.480. The van der Waals surface area contributed by atoms with Crippen LogP contribution < -0.4 is 0 Å². The molecule has 0 aliphatic rings. The Kier molecular flexibility index (Phi) is 7.03. The van der Waals surface area contributed by atoms with Gasteiger partial charge >= 0.3 is 0 Å². The van der Waals surface area contributed by atoms with Crippen LogP contribution in [-0.4, -0.2) is 0 Å². The number of rotatable bonds is 0. The second kappa shape index (κ2) is 7.74. The second-order valence-corrected chi connectivity index (χ2v) is 6.24. The summed E-state index contributed by atoms with van der Waals surface area (Å²) in [6.45, 7) is 0. The van der Waals surface area contributed by atoms with E-state index < -0.39 is 0 Å². The molecule has 0 saturated carbocycles. The molecule has 0 aliphatic carbocycles. The third-order valence-electron chi connectivity index (χ3n) is 1.61. The maximum Gasteiger partial charge on any atom is 0.0406 e. The molecule has 0 heterocycles. The van der Waals surface area contributed by atoms with Crippen LogP contribution in [0, 0.1) is 7.14 Å². The van der Waals surface area contributed by atoms with E-state index in [0.717, 1.165) is 10.0 Å². The van der Waals surface area contributed by atoms with E-state index in [1.54, 1.807) is 0 Å². The molecular formula is C12H8Cl2I2. The van der Waals surface area contributed by atoms with E-state index in [9.17, 15) is 0 Å². The number of hydrogen-bond donors (Lipinski definition) is 0. The smallest absolute Gasteiger partial charge is 0.0406 e. The summed E-state index contributed by atoms with van der Waals surface area (Å²) >= 11 is 15.7. The molecule has 0 aromatic heterocycles. The van der Waals surface area contributed by atoms with Crippen molar-refractivity contribution in [1.82, 2.24) is 0 Å². The van der Waals surface area contributed by atoms with Gasteiger partial charge in [-0.3, -0.25) is 0 Å². The zero-order chi connectivity index (χ0) is 12.0. The quantitative estimate of drug-likeness (QED) is 0.416. The summed E-state index contributed by atoms with van der Waals surface area (Å²) in [4.78, 5) is 0. The second-order valence-electron chi connectivity index (χ2n) is 2.87. The molecule has 0 atom stereocenters. The average Bonchev–Trinajstić information content (AvgIpc) is 2.28. The van der Waals surface area contributed by atoms with Gasteiger partial charge in [-0.15, -0.1) is 0 Å². The molecule has 2 aromatic carbocycles. The highest BCUT2D eigenvalue weighted by Gasteiger charge is 1.84. The molecule has 0 aliphatic heterocycles. The number of hydrogen-bond acceptors (Lipinski definition) is 0. The van der Waals surface area contributed by atoms with Crippen LogP contribution in [0.2, 0.25) is 10.0 Å². The van der Waals surface area contributed by atoms with Crippen molar-refractivity contribution in [3.05, 3.63) is 65.7 Å². The number of benzene rings is 2. The Morgan fingerprint density at radius 1 is 0.562 bits per heavy atom. The van der Waals surface area contributed by atoms with Crippen LogP contribution in [0.4, 0.5) is 0 Å². The van der Waals surface area contributed by atoms with E-state index in [1.807, 2.05) is 48.5 Å². The summed E-state index contributed by atoms with van der Waals surface area (Å²) in [5, 5.41) is 1.59. The van der Waals surface area contributed by atoms with Gasteiger partial charge < -0.3 is 0 Å². The van der Waals surface area contributed by atoms with Crippen LogP contribution in [0.25, 0.3) is 0 Å². The Labute approximate surface area is 133 Å². The summed E-state index contributed by atoms with van der Waals surface area (Å²) in [5.41, 5.74) is 0. The van der Waals surface area contributed by atoms with Gasteiger partial charge in [-0.25, -0.2) is 0 Å². The molecule has 16 heavy (non-hydrogen) atoms. The highest BCUT2D eigenvalue weighted by molar-refractivity contribution is 14.1. The van der Waals surface area contributed by atoms with Crippen LogP contribution in [0.5, 0.6) is 0 Å². The van der Waals surface area contributed by atoms with Crippen molar-refractivity contribution in [2.24, 2.45) is 0 Å². The van der Waals surface area contributed by atoms with Gasteiger partial charge in [0.05, 0.1) is 0 Å². The SMILES string of the molecule is Clc1ccc(I)cc1.Clc1ccc(I)cc1. The van der Waals surface area contributed by atoms with Crippen LogP contribution >= 0.6 is 68.4 Å². The van der Waals surface area contributed by atoms with E-state index in [0.29, 0.717) is 0 Å². The summed E-state index contributed by atoms with van der Waals surface area (Å²) < 4.78 is 2.43. The molecule has 0 saturated heterocycles. The maximum atomic E-state index is 5.61. The Morgan fingerprint density at radius 3 is 1.00 bits per heavy atom. The van der Waals surface area contributed by atoms with Crippen molar-refractivity contribution >= 4 is 68.4 Å². The van der Waals surface area contributed by atoms with Crippen molar-refractivity contribution in [2.75, 3.05) is 0 Å². The molecule has 4 heteroatoms. The highest BCUT2D eigenvalue weighted by Crippen LogP contribution is 2.10. The minimum Gasteiger partial charge on any atom is -0.0843 e. The summed E-state index contributed by atoms with van der Waals surface area (Å²) in [7, 11) is 0. The molecule has 0 fully saturated rings. The first-order chi connectivity index (χ1) is 7.58. The molecule has 0 spiro atoms. The van der Waals surface area contributed by atoms with Gasteiger partial charge in [0.25, 0.3) is 0 Å². The molecule has 2 rings (SSSR count). The molecule has 0 amide bonds. The van der Waals surface area contributed by atoms with Crippen molar-refractivity contribution in [3.63, 3.8) is 0 Å². The van der Waals surface area contributed by atoms with Gasteiger partial charge in [-0.1, -0.05) is 23.2 Å². The normalized spacial score (nSPS) is 9.25. The lowest BCUT2D eigenvalue weighted by Gasteiger charge is -1.86. The van der Waals surface area contributed by atoms with Crippen molar-refractivity contribution in [2.45, 2.75) is 0 Å². The Bertz CT molecular complexity index is 338. The monoisotopic (exact) mass is 476 g/mol. The summed E-state index contributed by atoms with van der Waals surface area (Å²) in [5.74, 6) is 0. The van der Waals surface area contributed by atoms with E-state index in [2.05, 4.69) is 45.2 Å². The van der Waals surface area contributed by atoms with Gasteiger partial charge in [0, 0.05) is 17.2 Å². The summed E-state index contributed by atoms with van der Waals surface area (Å²) in [6.07, 6.45) is 0. The minimum atomic E-state index is 0.797. The first kappa shape index (κ1) is 14.5. The lowest BCUT2D eigenvalue weighted by atomic mass is 10.4. The van der Waals surface area contributed by atoms with E-state index >= 15 is 0 Å². The molecule has 0 unspecified atom stereocenters. The molecule has 84 valence electrons. The Morgan fingerprint density at radius 2 is 0.812 bits per heavy atom. The average molecular weight is 477 g/mol. The van der Waals surface area contributed by atoms with E-state index in [-0.39, 0.29) is 0 Å². The van der Waals surface area contributed by atoms with Crippen molar-refractivity contribution in [1.29, 1.82) is 0 Å². The minimum absolute atomic E-state index is 0.797. The fraction of sp³-hybridized carbons (Fsp3) is 0. The van der Waals surface area contributed by atoms with Gasteiger partial charge in [-0.2, -0.15) is 0 Å². The molecule has 0 radical (unpaired) electrons. The zero-order valence-electron chi connectivity index (χ0n) is 8.13. The highest BCUT2D eigenvalue weighted by atomic mass is 127. The predicted octanol–water partition coefficient (Wildman–Crippen LogP) is 5.89.